The van der Waals surface area contributed by atoms with Crippen LogP contribution in [0, 0.1) is 0 Å². The number of hydrogen-bond acceptors (Lipinski definition) is 6. The van der Waals surface area contributed by atoms with Crippen molar-refractivity contribution in [2.75, 3.05) is 19.2 Å². The van der Waals surface area contributed by atoms with Crippen molar-refractivity contribution in [3.05, 3.63) is 78.5 Å². The summed E-state index contributed by atoms with van der Waals surface area (Å²) in [5, 5.41) is 2.89. The number of carbonyl (C=O) groups excluding carboxylic acids is 1. The lowest BCUT2D eigenvalue weighted by molar-refractivity contribution is 0.102. The molecule has 4 aromatic rings. The zero-order valence-corrected chi connectivity index (χ0v) is 16.6. The second-order valence-electron chi connectivity index (χ2n) is 6.83. The van der Waals surface area contributed by atoms with Crippen LogP contribution >= 0.6 is 0 Å². The van der Waals surface area contributed by atoms with E-state index in [9.17, 15) is 4.79 Å². The van der Waals surface area contributed by atoms with Crippen molar-refractivity contribution in [2.24, 2.45) is 0 Å². The van der Waals surface area contributed by atoms with Crippen molar-refractivity contribution in [3.8, 4) is 40.0 Å². The monoisotopic (exact) mass is 414 g/mol. The molecular formula is C24H18N2O5. The molecule has 0 bridgehead atoms. The van der Waals surface area contributed by atoms with Gasteiger partial charge in [-0.2, -0.15) is 0 Å². The van der Waals surface area contributed by atoms with Crippen LogP contribution in [0.5, 0.6) is 17.2 Å². The van der Waals surface area contributed by atoms with Crippen LogP contribution in [0.15, 0.2) is 77.3 Å². The summed E-state index contributed by atoms with van der Waals surface area (Å²) < 4.78 is 21.9. The van der Waals surface area contributed by atoms with E-state index in [4.69, 9.17) is 18.6 Å². The molecule has 0 fully saturated rings. The number of hydrogen-bond donors (Lipinski definition) is 1. The van der Waals surface area contributed by atoms with E-state index in [1.165, 1.54) is 0 Å². The van der Waals surface area contributed by atoms with Crippen molar-refractivity contribution in [2.45, 2.75) is 0 Å². The molecule has 0 radical (unpaired) electrons. The van der Waals surface area contributed by atoms with Gasteiger partial charge >= 0.3 is 0 Å². The molecule has 1 amide bonds. The summed E-state index contributed by atoms with van der Waals surface area (Å²) in [6, 6.07) is 19.9. The van der Waals surface area contributed by atoms with Crippen molar-refractivity contribution >= 4 is 11.6 Å². The fourth-order valence-corrected chi connectivity index (χ4v) is 3.35. The van der Waals surface area contributed by atoms with Crippen molar-refractivity contribution in [1.29, 1.82) is 0 Å². The van der Waals surface area contributed by atoms with Crippen molar-refractivity contribution in [1.82, 2.24) is 4.98 Å². The van der Waals surface area contributed by atoms with Crippen LogP contribution in [0.4, 0.5) is 5.69 Å². The highest BCUT2D eigenvalue weighted by Gasteiger charge is 2.19. The molecule has 0 unspecified atom stereocenters. The van der Waals surface area contributed by atoms with Crippen molar-refractivity contribution in [3.63, 3.8) is 0 Å². The summed E-state index contributed by atoms with van der Waals surface area (Å²) in [6.45, 7) is 0.176. The lowest BCUT2D eigenvalue weighted by Crippen LogP contribution is -2.13. The van der Waals surface area contributed by atoms with Gasteiger partial charge in [0.2, 0.25) is 12.7 Å². The number of oxazole rings is 1. The number of amides is 1. The zero-order valence-electron chi connectivity index (χ0n) is 16.6. The highest BCUT2D eigenvalue weighted by molar-refractivity contribution is 6.08. The molecule has 1 aliphatic heterocycles. The molecule has 1 aliphatic rings. The third-order valence-corrected chi connectivity index (χ3v) is 4.89. The Balaban J connectivity index is 1.43. The first-order valence-corrected chi connectivity index (χ1v) is 9.62. The largest absolute Gasteiger partial charge is 0.497 e. The number of fused-ring (bicyclic) bond motifs is 1. The summed E-state index contributed by atoms with van der Waals surface area (Å²) in [7, 11) is 1.61. The number of aromatic nitrogens is 1. The molecule has 0 aliphatic carbocycles. The predicted octanol–water partition coefficient (Wildman–Crippen LogP) is 5.00. The number of ether oxygens (including phenoxy) is 3. The van der Waals surface area contributed by atoms with Gasteiger partial charge in [0.15, 0.2) is 17.3 Å². The van der Waals surface area contributed by atoms with Gasteiger partial charge in [0.05, 0.1) is 18.9 Å². The first kappa shape index (κ1) is 18.7. The molecule has 31 heavy (non-hydrogen) atoms. The minimum atomic E-state index is -0.282. The van der Waals surface area contributed by atoms with E-state index in [-0.39, 0.29) is 12.7 Å². The SMILES string of the molecule is COc1cccc(-c2cnc(-c3ccccc3C(=O)Nc3ccc4c(c3)OCO4)o2)c1. The Morgan fingerprint density at radius 3 is 2.77 bits per heavy atom. The molecule has 0 spiro atoms. The maximum atomic E-state index is 13.0. The molecule has 7 heteroatoms. The standard InChI is InChI=1S/C24H18N2O5/c1-28-17-6-4-5-15(11-17)22-13-25-24(31-22)19-8-3-2-7-18(19)23(27)26-16-9-10-20-21(12-16)30-14-29-20/h2-13H,14H2,1H3,(H,26,27). The number of anilines is 1. The highest BCUT2D eigenvalue weighted by atomic mass is 16.7. The van der Waals surface area contributed by atoms with E-state index < -0.39 is 0 Å². The molecule has 2 heterocycles. The molecule has 5 rings (SSSR count). The summed E-state index contributed by atoms with van der Waals surface area (Å²) in [4.78, 5) is 17.4. The average Bonchev–Trinajstić information content (AvgIpc) is 3.48. The number of nitrogens with zero attached hydrogens (tertiary/aromatic N) is 1. The first-order valence-electron chi connectivity index (χ1n) is 9.62. The first-order chi connectivity index (χ1) is 15.2. The van der Waals surface area contributed by atoms with Gasteiger partial charge in [0.1, 0.15) is 5.75 Å². The summed E-state index contributed by atoms with van der Waals surface area (Å²) in [6.07, 6.45) is 1.64. The van der Waals surface area contributed by atoms with Gasteiger partial charge in [-0.05, 0) is 36.4 Å². The zero-order chi connectivity index (χ0) is 21.2. The van der Waals surface area contributed by atoms with Crippen LogP contribution in [-0.2, 0) is 0 Å². The van der Waals surface area contributed by atoms with Crippen LogP contribution in [0.3, 0.4) is 0 Å². The van der Waals surface area contributed by atoms with Gasteiger partial charge in [-0.25, -0.2) is 4.98 Å². The molecule has 7 nitrogen and oxygen atoms in total. The second-order valence-corrected chi connectivity index (χ2v) is 6.83. The Morgan fingerprint density at radius 2 is 1.87 bits per heavy atom. The average molecular weight is 414 g/mol. The van der Waals surface area contributed by atoms with E-state index in [0.717, 1.165) is 11.3 Å². The van der Waals surface area contributed by atoms with Crippen LogP contribution in [0.1, 0.15) is 10.4 Å². The highest BCUT2D eigenvalue weighted by Crippen LogP contribution is 2.35. The maximum absolute atomic E-state index is 13.0. The van der Waals surface area contributed by atoms with Gasteiger partial charge in [-0.1, -0.05) is 24.3 Å². The van der Waals surface area contributed by atoms with Gasteiger partial charge in [-0.15, -0.1) is 0 Å². The van der Waals surface area contributed by atoms with Gasteiger partial charge in [0.25, 0.3) is 5.91 Å². The third kappa shape index (κ3) is 3.69. The number of nitrogens with one attached hydrogen (secondary N) is 1. The quantitative estimate of drug-likeness (QED) is 0.495. The van der Waals surface area contributed by atoms with Crippen LogP contribution < -0.4 is 19.5 Å². The molecular weight excluding hydrogens is 396 g/mol. The summed E-state index contributed by atoms with van der Waals surface area (Å²) in [5.74, 6) is 2.63. The molecule has 1 aromatic heterocycles. The predicted molar refractivity (Wildman–Crippen MR) is 114 cm³/mol. The second kappa shape index (κ2) is 7.87. The molecule has 1 N–H and O–H groups in total. The van der Waals surface area contributed by atoms with E-state index in [2.05, 4.69) is 10.3 Å². The number of carbonyl (C=O) groups is 1. The van der Waals surface area contributed by atoms with E-state index in [0.29, 0.717) is 40.0 Å². The third-order valence-electron chi connectivity index (χ3n) is 4.89. The Labute approximate surface area is 178 Å². The lowest BCUT2D eigenvalue weighted by Gasteiger charge is -2.09. The summed E-state index contributed by atoms with van der Waals surface area (Å²) in [5.41, 5.74) is 2.48. The number of benzene rings is 3. The van der Waals surface area contributed by atoms with E-state index >= 15 is 0 Å². The molecule has 0 saturated carbocycles. The molecule has 0 atom stereocenters. The molecule has 0 saturated heterocycles. The van der Waals surface area contributed by atoms with Gasteiger partial charge < -0.3 is 23.9 Å². The molecule has 3 aromatic carbocycles. The Hall–Kier alpha value is -4.26. The van der Waals surface area contributed by atoms with E-state index in [1.54, 1.807) is 49.7 Å². The fraction of sp³-hybridized carbons (Fsp3) is 0.0833. The fourth-order valence-electron chi connectivity index (χ4n) is 3.35. The van der Waals surface area contributed by atoms with Gasteiger partial charge in [-0.3, -0.25) is 4.79 Å². The van der Waals surface area contributed by atoms with Gasteiger partial charge in [0, 0.05) is 22.9 Å². The smallest absolute Gasteiger partial charge is 0.256 e. The molecule has 154 valence electrons. The van der Waals surface area contributed by atoms with E-state index in [1.807, 2.05) is 30.3 Å². The van der Waals surface area contributed by atoms with Crippen LogP contribution in [-0.4, -0.2) is 24.8 Å². The lowest BCUT2D eigenvalue weighted by atomic mass is 10.1. The number of rotatable bonds is 5. The minimum absolute atomic E-state index is 0.176. The number of methoxy groups -OCH3 is 1. The van der Waals surface area contributed by atoms with Crippen LogP contribution in [0.25, 0.3) is 22.8 Å². The normalized spacial score (nSPS) is 11.9. The Bertz CT molecular complexity index is 1260. The Morgan fingerprint density at radius 1 is 1.00 bits per heavy atom. The Kier molecular flexibility index (Phi) is 4.76. The van der Waals surface area contributed by atoms with Crippen molar-refractivity contribution < 1.29 is 23.4 Å². The topological polar surface area (TPSA) is 82.8 Å². The maximum Gasteiger partial charge on any atom is 0.256 e. The summed E-state index contributed by atoms with van der Waals surface area (Å²) >= 11 is 0. The van der Waals surface area contributed by atoms with Crippen LogP contribution in [0.2, 0.25) is 0 Å². The minimum Gasteiger partial charge on any atom is -0.497 e.